The van der Waals surface area contributed by atoms with Crippen LogP contribution in [0, 0.1) is 13.8 Å². The number of methoxy groups -OCH3 is 1. The molecule has 3 rings (SSSR count). The summed E-state index contributed by atoms with van der Waals surface area (Å²) < 4.78 is 10.4. The van der Waals surface area contributed by atoms with Crippen LogP contribution in [-0.4, -0.2) is 23.2 Å². The molecule has 0 aliphatic rings. The monoisotopic (exact) mass is 369 g/mol. The summed E-state index contributed by atoms with van der Waals surface area (Å²) in [5.74, 6) is -0.788. The number of aryl methyl sites for hydroxylation is 2. The standard InChI is InChI=1S/C20H19NO6/c1-10-4-7-16(26-3)14(8-10)21-17(23)9-13-11(2)12-5-6-15(22)18(24)19(12)27-20(13)25/h4-8,22,24H,9H2,1-3H3,(H,21,23). The van der Waals surface area contributed by atoms with E-state index in [-0.39, 0.29) is 23.3 Å². The van der Waals surface area contributed by atoms with Crippen LogP contribution in [0.3, 0.4) is 0 Å². The van der Waals surface area contributed by atoms with Crippen molar-refractivity contribution in [2.24, 2.45) is 0 Å². The van der Waals surface area contributed by atoms with Gasteiger partial charge in [0.1, 0.15) is 5.75 Å². The smallest absolute Gasteiger partial charge is 0.340 e. The normalized spacial score (nSPS) is 10.8. The first-order chi connectivity index (χ1) is 12.8. The minimum absolute atomic E-state index is 0.109. The lowest BCUT2D eigenvalue weighted by molar-refractivity contribution is -0.115. The predicted octanol–water partition coefficient (Wildman–Crippen LogP) is 3.01. The summed E-state index contributed by atoms with van der Waals surface area (Å²) in [6, 6.07) is 8.20. The molecule has 7 nitrogen and oxygen atoms in total. The van der Waals surface area contributed by atoms with Crippen molar-refractivity contribution in [3.63, 3.8) is 0 Å². The molecular weight excluding hydrogens is 350 g/mol. The number of aromatic hydroxyl groups is 2. The largest absolute Gasteiger partial charge is 0.504 e. The van der Waals surface area contributed by atoms with Crippen molar-refractivity contribution in [1.82, 2.24) is 0 Å². The van der Waals surface area contributed by atoms with E-state index in [0.29, 0.717) is 22.4 Å². The van der Waals surface area contributed by atoms with Gasteiger partial charge in [-0.1, -0.05) is 6.07 Å². The SMILES string of the molecule is COc1ccc(C)cc1NC(=O)Cc1c(C)c2ccc(O)c(O)c2oc1=O. The van der Waals surface area contributed by atoms with E-state index >= 15 is 0 Å². The summed E-state index contributed by atoms with van der Waals surface area (Å²) in [6.45, 7) is 3.55. The van der Waals surface area contributed by atoms with Gasteiger partial charge in [-0.05, 0) is 49.2 Å². The lowest BCUT2D eigenvalue weighted by Gasteiger charge is -2.12. The number of nitrogens with one attached hydrogen (secondary N) is 1. The third kappa shape index (κ3) is 3.44. The number of rotatable bonds is 4. The van der Waals surface area contributed by atoms with Gasteiger partial charge < -0.3 is 24.7 Å². The zero-order chi connectivity index (χ0) is 19.7. The van der Waals surface area contributed by atoms with E-state index in [9.17, 15) is 19.8 Å². The summed E-state index contributed by atoms with van der Waals surface area (Å²) in [4.78, 5) is 24.8. The van der Waals surface area contributed by atoms with Crippen LogP contribution in [0.1, 0.15) is 16.7 Å². The molecule has 1 amide bonds. The number of anilines is 1. The summed E-state index contributed by atoms with van der Waals surface area (Å²) in [5.41, 5.74) is 1.28. The van der Waals surface area contributed by atoms with Crippen molar-refractivity contribution < 1.29 is 24.2 Å². The van der Waals surface area contributed by atoms with Gasteiger partial charge >= 0.3 is 5.63 Å². The van der Waals surface area contributed by atoms with E-state index in [2.05, 4.69) is 5.32 Å². The minimum atomic E-state index is -0.743. The fourth-order valence-corrected chi connectivity index (χ4v) is 2.91. The Morgan fingerprint density at radius 3 is 2.63 bits per heavy atom. The van der Waals surface area contributed by atoms with Gasteiger partial charge in [-0.3, -0.25) is 4.79 Å². The molecule has 27 heavy (non-hydrogen) atoms. The molecule has 7 heteroatoms. The lowest BCUT2D eigenvalue weighted by Crippen LogP contribution is -2.21. The van der Waals surface area contributed by atoms with Gasteiger partial charge in [-0.15, -0.1) is 0 Å². The lowest BCUT2D eigenvalue weighted by atomic mass is 10.0. The molecule has 140 valence electrons. The topological polar surface area (TPSA) is 109 Å². The van der Waals surface area contributed by atoms with Crippen molar-refractivity contribution in [2.45, 2.75) is 20.3 Å². The van der Waals surface area contributed by atoms with Crippen LogP contribution in [0.5, 0.6) is 17.2 Å². The zero-order valence-electron chi connectivity index (χ0n) is 15.1. The molecule has 1 heterocycles. The van der Waals surface area contributed by atoms with Crippen molar-refractivity contribution >= 4 is 22.6 Å². The molecular formula is C20H19NO6. The number of fused-ring (bicyclic) bond motifs is 1. The molecule has 0 aliphatic heterocycles. The molecule has 1 aromatic heterocycles. The summed E-state index contributed by atoms with van der Waals surface area (Å²) in [5, 5.41) is 22.6. The van der Waals surface area contributed by atoms with E-state index in [0.717, 1.165) is 5.56 Å². The highest BCUT2D eigenvalue weighted by Crippen LogP contribution is 2.34. The molecule has 0 fully saturated rings. The van der Waals surface area contributed by atoms with E-state index < -0.39 is 17.3 Å². The molecule has 3 aromatic rings. The molecule has 0 bridgehead atoms. The van der Waals surface area contributed by atoms with Gasteiger partial charge in [0.25, 0.3) is 0 Å². The number of ether oxygens (including phenoxy) is 1. The van der Waals surface area contributed by atoms with Crippen LogP contribution >= 0.6 is 0 Å². The van der Waals surface area contributed by atoms with Crippen LogP contribution in [0.4, 0.5) is 5.69 Å². The van der Waals surface area contributed by atoms with Gasteiger partial charge in [0, 0.05) is 5.39 Å². The number of phenolic OH excluding ortho intramolecular Hbond substituents is 2. The number of phenols is 2. The first kappa shape index (κ1) is 18.3. The third-order valence-corrected chi connectivity index (χ3v) is 4.37. The Morgan fingerprint density at radius 1 is 1.19 bits per heavy atom. The van der Waals surface area contributed by atoms with Crippen molar-refractivity contribution in [3.8, 4) is 17.2 Å². The highest BCUT2D eigenvalue weighted by molar-refractivity contribution is 5.95. The van der Waals surface area contributed by atoms with Gasteiger partial charge in [-0.25, -0.2) is 4.79 Å². The van der Waals surface area contributed by atoms with E-state index in [1.165, 1.54) is 19.2 Å². The Kier molecular flexibility index (Phi) is 4.77. The van der Waals surface area contributed by atoms with Crippen molar-refractivity contribution in [3.05, 3.63) is 57.4 Å². The maximum absolute atomic E-state index is 12.5. The number of amides is 1. The van der Waals surface area contributed by atoms with Crippen LogP contribution in [-0.2, 0) is 11.2 Å². The molecule has 0 aliphatic carbocycles. The average molecular weight is 369 g/mol. The molecule has 2 aromatic carbocycles. The van der Waals surface area contributed by atoms with Crippen LogP contribution in [0.25, 0.3) is 11.0 Å². The highest BCUT2D eigenvalue weighted by atomic mass is 16.5. The molecule has 0 atom stereocenters. The fourth-order valence-electron chi connectivity index (χ4n) is 2.91. The Morgan fingerprint density at radius 2 is 1.93 bits per heavy atom. The first-order valence-electron chi connectivity index (χ1n) is 8.23. The number of carbonyl (C=O) groups is 1. The number of benzene rings is 2. The maximum atomic E-state index is 12.5. The van der Waals surface area contributed by atoms with Gasteiger partial charge in [-0.2, -0.15) is 0 Å². The molecule has 0 saturated carbocycles. The van der Waals surface area contributed by atoms with Gasteiger partial charge in [0.15, 0.2) is 11.3 Å². The summed E-state index contributed by atoms with van der Waals surface area (Å²) >= 11 is 0. The molecule has 0 unspecified atom stereocenters. The fraction of sp³-hybridized carbons (Fsp3) is 0.200. The maximum Gasteiger partial charge on any atom is 0.340 e. The summed E-state index contributed by atoms with van der Waals surface area (Å²) in [7, 11) is 1.50. The van der Waals surface area contributed by atoms with E-state index in [4.69, 9.17) is 9.15 Å². The Hall–Kier alpha value is -3.48. The average Bonchev–Trinajstić information content (AvgIpc) is 2.62. The Balaban J connectivity index is 1.95. The Bertz CT molecular complexity index is 1100. The van der Waals surface area contributed by atoms with Gasteiger partial charge in [0.2, 0.25) is 11.7 Å². The second-order valence-corrected chi connectivity index (χ2v) is 6.23. The van der Waals surface area contributed by atoms with Crippen LogP contribution < -0.4 is 15.7 Å². The molecule has 0 spiro atoms. The van der Waals surface area contributed by atoms with Crippen molar-refractivity contribution in [1.29, 1.82) is 0 Å². The van der Waals surface area contributed by atoms with Crippen LogP contribution in [0.15, 0.2) is 39.5 Å². The minimum Gasteiger partial charge on any atom is -0.504 e. The second kappa shape index (κ2) is 7.03. The number of hydrogen-bond acceptors (Lipinski definition) is 6. The number of carbonyl (C=O) groups excluding carboxylic acids is 1. The van der Waals surface area contributed by atoms with Crippen LogP contribution in [0.2, 0.25) is 0 Å². The number of hydrogen-bond donors (Lipinski definition) is 3. The summed E-state index contributed by atoms with van der Waals surface area (Å²) in [6.07, 6.45) is -0.206. The van der Waals surface area contributed by atoms with Gasteiger partial charge in [0.05, 0.1) is 24.8 Å². The van der Waals surface area contributed by atoms with E-state index in [1.54, 1.807) is 19.1 Å². The van der Waals surface area contributed by atoms with E-state index in [1.807, 2.05) is 13.0 Å². The second-order valence-electron chi connectivity index (χ2n) is 6.23. The third-order valence-electron chi connectivity index (χ3n) is 4.37. The predicted molar refractivity (Wildman–Crippen MR) is 101 cm³/mol. The quantitative estimate of drug-likeness (QED) is 0.482. The first-order valence-corrected chi connectivity index (χ1v) is 8.23. The zero-order valence-corrected chi connectivity index (χ0v) is 15.1. The molecule has 3 N–H and O–H groups in total. The molecule has 0 saturated heterocycles. The van der Waals surface area contributed by atoms with Crippen molar-refractivity contribution in [2.75, 3.05) is 12.4 Å². The highest BCUT2D eigenvalue weighted by Gasteiger charge is 2.19. The molecule has 0 radical (unpaired) electrons. The Labute approximate surface area is 154 Å².